The molecule has 0 fully saturated rings. The molecule has 132 valence electrons. The van der Waals surface area contributed by atoms with Crippen LogP contribution in [0.1, 0.15) is 36.1 Å². The molecule has 0 bridgehead atoms. The van der Waals surface area contributed by atoms with Crippen LogP contribution in [0.4, 0.5) is 0 Å². The molecular formula is C18H23N5O2. The first-order chi connectivity index (χ1) is 12.2. The van der Waals surface area contributed by atoms with Crippen LogP contribution in [0, 0.1) is 6.92 Å². The molecule has 1 aromatic heterocycles. The second kappa shape index (κ2) is 6.84. The number of aryl methyl sites for hydroxylation is 2. The molecule has 7 heteroatoms. The van der Waals surface area contributed by atoms with E-state index in [1.165, 1.54) is 0 Å². The van der Waals surface area contributed by atoms with Crippen molar-refractivity contribution in [3.8, 4) is 5.75 Å². The van der Waals surface area contributed by atoms with Crippen LogP contribution in [0.5, 0.6) is 5.75 Å². The maximum atomic E-state index is 12.4. The van der Waals surface area contributed by atoms with Gasteiger partial charge in [-0.05, 0) is 19.4 Å². The van der Waals surface area contributed by atoms with E-state index in [1.807, 2.05) is 35.9 Å². The molecule has 2 aliphatic heterocycles. The number of benzene rings is 1. The molecule has 2 aliphatic rings. The lowest BCUT2D eigenvalue weighted by Gasteiger charge is -2.27. The Kier molecular flexibility index (Phi) is 4.40. The number of ether oxygens (including phenoxy) is 1. The van der Waals surface area contributed by atoms with Crippen LogP contribution in [0.2, 0.25) is 0 Å². The van der Waals surface area contributed by atoms with E-state index in [4.69, 9.17) is 4.74 Å². The molecule has 25 heavy (non-hydrogen) atoms. The van der Waals surface area contributed by atoms with Gasteiger partial charge in [0.1, 0.15) is 17.4 Å². The molecule has 3 heterocycles. The molecule has 0 aliphatic carbocycles. The Morgan fingerprint density at radius 2 is 2.24 bits per heavy atom. The number of hydrogen-bond acceptors (Lipinski definition) is 5. The summed E-state index contributed by atoms with van der Waals surface area (Å²) in [6.45, 7) is 3.62. The quantitative estimate of drug-likeness (QED) is 0.871. The lowest BCUT2D eigenvalue weighted by molar-refractivity contribution is -0.121. The highest BCUT2D eigenvalue weighted by atomic mass is 16.5. The number of para-hydroxylation sites is 1. The number of aromatic nitrogens is 3. The maximum Gasteiger partial charge on any atom is 0.234 e. The van der Waals surface area contributed by atoms with Gasteiger partial charge in [-0.2, -0.15) is 5.10 Å². The molecule has 0 radical (unpaired) electrons. The number of nitrogens with one attached hydrogen (secondary N) is 2. The van der Waals surface area contributed by atoms with E-state index in [0.717, 1.165) is 48.8 Å². The van der Waals surface area contributed by atoms with Crippen molar-refractivity contribution >= 4 is 5.91 Å². The molecule has 1 amide bonds. The zero-order chi connectivity index (χ0) is 17.2. The number of rotatable bonds is 4. The Bertz CT molecular complexity index is 773. The summed E-state index contributed by atoms with van der Waals surface area (Å²) in [5.74, 6) is 2.74. The Hall–Kier alpha value is -2.41. The van der Waals surface area contributed by atoms with Crippen LogP contribution in [0.3, 0.4) is 0 Å². The monoisotopic (exact) mass is 341 g/mol. The number of carbonyl (C=O) groups excluding carboxylic acids is 1. The number of nitrogens with zero attached hydrogens (tertiary/aromatic N) is 3. The normalized spacial score (nSPS) is 21.8. The zero-order valence-electron chi connectivity index (χ0n) is 14.4. The average molecular weight is 341 g/mol. The highest BCUT2D eigenvalue weighted by Gasteiger charge is 2.24. The summed E-state index contributed by atoms with van der Waals surface area (Å²) in [5.41, 5.74) is 1.06. The molecule has 0 saturated carbocycles. The van der Waals surface area contributed by atoms with Crippen molar-refractivity contribution in [1.82, 2.24) is 25.4 Å². The van der Waals surface area contributed by atoms with Crippen LogP contribution in [-0.2, 0) is 17.8 Å². The van der Waals surface area contributed by atoms with E-state index in [2.05, 4.69) is 20.7 Å². The lowest BCUT2D eigenvalue weighted by atomic mass is 10.0. The average Bonchev–Trinajstić information content (AvgIpc) is 2.99. The summed E-state index contributed by atoms with van der Waals surface area (Å²) in [7, 11) is 0. The highest BCUT2D eigenvalue weighted by molar-refractivity contribution is 5.78. The summed E-state index contributed by atoms with van der Waals surface area (Å²) in [6, 6.07) is 8.17. The number of hydrogen-bond donors (Lipinski definition) is 2. The van der Waals surface area contributed by atoms with E-state index in [1.54, 1.807) is 0 Å². The molecule has 7 nitrogen and oxygen atoms in total. The third-order valence-electron chi connectivity index (χ3n) is 4.81. The zero-order valence-corrected chi connectivity index (χ0v) is 14.4. The van der Waals surface area contributed by atoms with E-state index in [-0.39, 0.29) is 18.0 Å². The van der Waals surface area contributed by atoms with Crippen LogP contribution in [-0.4, -0.2) is 39.9 Å². The first kappa shape index (κ1) is 16.1. The van der Waals surface area contributed by atoms with Gasteiger partial charge < -0.3 is 15.4 Å². The van der Waals surface area contributed by atoms with E-state index < -0.39 is 0 Å². The smallest absolute Gasteiger partial charge is 0.234 e. The first-order valence-electron chi connectivity index (χ1n) is 8.84. The second-order valence-electron chi connectivity index (χ2n) is 6.67. The topological polar surface area (TPSA) is 81.1 Å². The summed E-state index contributed by atoms with van der Waals surface area (Å²) < 4.78 is 7.59. The third-order valence-corrected chi connectivity index (χ3v) is 4.81. The van der Waals surface area contributed by atoms with Crippen LogP contribution in [0.25, 0.3) is 0 Å². The van der Waals surface area contributed by atoms with Gasteiger partial charge >= 0.3 is 0 Å². The van der Waals surface area contributed by atoms with Gasteiger partial charge in [-0.25, -0.2) is 9.67 Å². The van der Waals surface area contributed by atoms with Crippen molar-refractivity contribution in [3.05, 3.63) is 41.5 Å². The van der Waals surface area contributed by atoms with Crippen molar-refractivity contribution < 1.29 is 9.53 Å². The molecular weight excluding hydrogens is 318 g/mol. The summed E-state index contributed by atoms with van der Waals surface area (Å²) in [5, 5.41) is 10.9. The van der Waals surface area contributed by atoms with Crippen molar-refractivity contribution in [3.63, 3.8) is 0 Å². The predicted molar refractivity (Wildman–Crippen MR) is 92.3 cm³/mol. The SMILES string of the molecule is Cc1nc2n(n1)C[C@@H](NCC(=O)N[C@H]1CCOc3ccccc31)CC2. The Morgan fingerprint density at radius 3 is 3.16 bits per heavy atom. The maximum absolute atomic E-state index is 12.4. The Labute approximate surface area is 146 Å². The van der Waals surface area contributed by atoms with E-state index >= 15 is 0 Å². The van der Waals surface area contributed by atoms with E-state index in [0.29, 0.717) is 13.2 Å². The van der Waals surface area contributed by atoms with Gasteiger partial charge in [0.2, 0.25) is 5.91 Å². The highest BCUT2D eigenvalue weighted by Crippen LogP contribution is 2.31. The summed E-state index contributed by atoms with van der Waals surface area (Å²) >= 11 is 0. The van der Waals surface area contributed by atoms with Crippen molar-refractivity contribution in [2.75, 3.05) is 13.2 Å². The fourth-order valence-electron chi connectivity index (χ4n) is 3.57. The van der Waals surface area contributed by atoms with Crippen LogP contribution in [0.15, 0.2) is 24.3 Å². The van der Waals surface area contributed by atoms with Gasteiger partial charge in [-0.1, -0.05) is 18.2 Å². The van der Waals surface area contributed by atoms with Gasteiger partial charge in [0, 0.05) is 24.4 Å². The minimum Gasteiger partial charge on any atom is -0.493 e. The van der Waals surface area contributed by atoms with Crippen molar-refractivity contribution in [2.24, 2.45) is 0 Å². The largest absolute Gasteiger partial charge is 0.493 e. The molecule has 0 unspecified atom stereocenters. The predicted octanol–water partition coefficient (Wildman–Crippen LogP) is 1.13. The summed E-state index contributed by atoms with van der Waals surface area (Å²) in [6.07, 6.45) is 2.67. The summed E-state index contributed by atoms with van der Waals surface area (Å²) in [4.78, 5) is 16.8. The molecule has 2 aromatic rings. The van der Waals surface area contributed by atoms with Gasteiger partial charge in [0.15, 0.2) is 0 Å². The van der Waals surface area contributed by atoms with E-state index in [9.17, 15) is 4.79 Å². The van der Waals surface area contributed by atoms with Gasteiger partial charge in [0.05, 0.1) is 25.7 Å². The van der Waals surface area contributed by atoms with Gasteiger partial charge in [-0.3, -0.25) is 4.79 Å². The van der Waals surface area contributed by atoms with Crippen LogP contribution >= 0.6 is 0 Å². The minimum absolute atomic E-state index is 0.0160. The molecule has 4 rings (SSSR count). The number of fused-ring (bicyclic) bond motifs is 2. The first-order valence-corrected chi connectivity index (χ1v) is 8.84. The number of carbonyl (C=O) groups is 1. The second-order valence-corrected chi connectivity index (χ2v) is 6.67. The fraction of sp³-hybridized carbons (Fsp3) is 0.500. The fourth-order valence-corrected chi connectivity index (χ4v) is 3.57. The van der Waals surface area contributed by atoms with Crippen molar-refractivity contribution in [1.29, 1.82) is 0 Å². The van der Waals surface area contributed by atoms with Crippen LogP contribution < -0.4 is 15.4 Å². The van der Waals surface area contributed by atoms with Crippen molar-refractivity contribution in [2.45, 2.75) is 44.8 Å². The molecule has 1 aromatic carbocycles. The number of amides is 1. The Morgan fingerprint density at radius 1 is 1.36 bits per heavy atom. The standard InChI is InChI=1S/C18H23N5O2/c1-12-20-17-7-6-13(11-23(17)22-12)19-10-18(24)21-15-8-9-25-16-5-3-2-4-14(15)16/h2-5,13,15,19H,6-11H2,1H3,(H,21,24)/t13-,15-/m0/s1. The minimum atomic E-state index is 0.0160. The molecule has 0 saturated heterocycles. The van der Waals surface area contributed by atoms with Gasteiger partial charge in [0.25, 0.3) is 0 Å². The Balaban J connectivity index is 1.30. The van der Waals surface area contributed by atoms with Gasteiger partial charge in [-0.15, -0.1) is 0 Å². The molecule has 2 atom stereocenters. The molecule has 0 spiro atoms. The third kappa shape index (κ3) is 3.51. The lowest BCUT2D eigenvalue weighted by Crippen LogP contribution is -2.44. The molecule has 2 N–H and O–H groups in total.